The lowest BCUT2D eigenvalue weighted by molar-refractivity contribution is -0.161. The number of carbonyl (C=O) groups is 2. The second-order valence-electron chi connectivity index (χ2n) is 16.1. The number of aromatic nitrogens is 8. The van der Waals surface area contributed by atoms with Crippen molar-refractivity contribution in [1.82, 2.24) is 39.0 Å². The van der Waals surface area contributed by atoms with Crippen molar-refractivity contribution in [2.24, 2.45) is 16.7 Å². The van der Waals surface area contributed by atoms with E-state index >= 15 is 4.39 Å². The first kappa shape index (κ1) is 42.9. The van der Waals surface area contributed by atoms with Gasteiger partial charge in [-0.1, -0.05) is 0 Å². The summed E-state index contributed by atoms with van der Waals surface area (Å²) in [7, 11) is -9.63. The van der Waals surface area contributed by atoms with Crippen molar-refractivity contribution in [2.75, 3.05) is 38.3 Å². The number of rotatable bonds is 8. The van der Waals surface area contributed by atoms with E-state index in [2.05, 4.69) is 29.9 Å². The lowest BCUT2D eigenvalue weighted by atomic mass is 9.98. The van der Waals surface area contributed by atoms with E-state index in [-0.39, 0.29) is 35.6 Å². The van der Waals surface area contributed by atoms with E-state index in [9.17, 15) is 18.7 Å². The molecule has 1 saturated carbocycles. The fourth-order valence-corrected chi connectivity index (χ4v) is 9.15. The molecule has 6 heterocycles. The van der Waals surface area contributed by atoms with E-state index in [1.165, 1.54) is 23.5 Å². The van der Waals surface area contributed by atoms with E-state index < -0.39 is 108 Å². The molecule has 4 N–H and O–H groups in total. The van der Waals surface area contributed by atoms with Gasteiger partial charge in [0.2, 0.25) is 13.6 Å². The van der Waals surface area contributed by atoms with Crippen molar-refractivity contribution < 1.29 is 64.5 Å². The van der Waals surface area contributed by atoms with Gasteiger partial charge in [0.05, 0.1) is 42.8 Å². The highest BCUT2D eigenvalue weighted by molar-refractivity contribution is 7.48. The molecule has 0 aromatic carbocycles. The van der Waals surface area contributed by atoms with Crippen molar-refractivity contribution in [3.8, 4) is 0 Å². The fourth-order valence-electron chi connectivity index (χ4n) is 6.55. The van der Waals surface area contributed by atoms with Crippen LogP contribution >= 0.6 is 15.6 Å². The van der Waals surface area contributed by atoms with Gasteiger partial charge in [-0.2, -0.15) is 0 Å². The van der Waals surface area contributed by atoms with Crippen molar-refractivity contribution in [3.63, 3.8) is 0 Å². The Kier molecular flexibility index (Phi) is 11.9. The Hall–Kier alpha value is -4.25. The quantitative estimate of drug-likeness (QED) is 0.143. The summed E-state index contributed by atoms with van der Waals surface area (Å²) in [6.07, 6.45) is -2.67. The molecule has 4 aromatic heterocycles. The van der Waals surface area contributed by atoms with Crippen LogP contribution in [0.25, 0.3) is 22.3 Å². The monoisotopic (exact) mass is 870 g/mol. The summed E-state index contributed by atoms with van der Waals surface area (Å²) in [4.78, 5) is 50.1. The molecule has 26 heteroatoms. The van der Waals surface area contributed by atoms with Gasteiger partial charge in [-0.3, -0.25) is 32.3 Å². The number of nitrogens with zero attached hydrogens (tertiary/aromatic N) is 8. The van der Waals surface area contributed by atoms with Gasteiger partial charge >= 0.3 is 27.6 Å². The van der Waals surface area contributed by atoms with E-state index in [1.807, 2.05) is 0 Å². The number of hydrogen-bond acceptors (Lipinski definition) is 21. The number of ether oxygens (including phenoxy) is 3. The largest absolute Gasteiger partial charge is 0.478 e. The Balaban J connectivity index is 1.22. The van der Waals surface area contributed by atoms with E-state index in [4.69, 9.17) is 52.8 Å². The molecule has 7 rings (SSSR count). The van der Waals surface area contributed by atoms with Crippen LogP contribution < -0.4 is 11.5 Å². The molecule has 0 spiro atoms. The Labute approximate surface area is 336 Å². The summed E-state index contributed by atoms with van der Waals surface area (Å²) in [6.45, 7) is 6.69. The zero-order chi connectivity index (χ0) is 42.5. The number of phosphoric ester groups is 2. The normalized spacial score (nSPS) is 30.7. The van der Waals surface area contributed by atoms with Crippen LogP contribution in [0.2, 0.25) is 0 Å². The SMILES string of the molecule is CC(C)(C)C(=O)OCOP1(=O)OCC2C[C@@H](n3cnc4c(N)ncnc43)C[C@H]2OP(=O)(OCOC(=O)C(C)(C)C)OCC2OC(n3cnc4c(N)ncnc43)C(F)C2O1. The third-order valence-corrected chi connectivity index (χ3v) is 12.5. The number of alkyl halides is 1. The number of imidazole rings is 2. The van der Waals surface area contributed by atoms with Crippen LogP contribution in [0.3, 0.4) is 0 Å². The number of nitrogen functional groups attached to an aromatic ring is 2. The molecule has 23 nitrogen and oxygen atoms in total. The first-order chi connectivity index (χ1) is 27.8. The second kappa shape index (κ2) is 16.3. The van der Waals surface area contributed by atoms with Crippen molar-refractivity contribution in [2.45, 2.75) is 91.1 Å². The van der Waals surface area contributed by atoms with Crippen molar-refractivity contribution >= 4 is 61.5 Å². The van der Waals surface area contributed by atoms with Gasteiger partial charge in [-0.25, -0.2) is 52.5 Å². The molecule has 1 aliphatic carbocycles. The topological polar surface area (TPSA) is 291 Å². The van der Waals surface area contributed by atoms with Crippen LogP contribution in [0.5, 0.6) is 0 Å². The Bertz CT molecular complexity index is 2300. The Morgan fingerprint density at radius 1 is 0.763 bits per heavy atom. The predicted octanol–water partition coefficient (Wildman–Crippen LogP) is 4.18. The highest BCUT2D eigenvalue weighted by Gasteiger charge is 2.54. The molecule has 2 saturated heterocycles. The smallest absolute Gasteiger partial charge is 0.437 e. The lowest BCUT2D eigenvalue weighted by Gasteiger charge is -2.30. The van der Waals surface area contributed by atoms with Crippen LogP contribution in [-0.4, -0.2) is 102 Å². The van der Waals surface area contributed by atoms with Gasteiger partial charge in [0.1, 0.15) is 35.9 Å². The van der Waals surface area contributed by atoms with E-state index in [0.29, 0.717) is 11.2 Å². The zero-order valence-electron chi connectivity index (χ0n) is 32.9. The molecule has 2 aliphatic heterocycles. The van der Waals surface area contributed by atoms with E-state index in [0.717, 1.165) is 6.33 Å². The minimum absolute atomic E-state index is 0.0122. The standard InChI is InChI=1S/C33H45FN10O13P2/c1-32(2,3)30(45)49-15-53-58(47)52-10-20-24(21(34)29(55-20)44-14-42-23-26(36)38-12-40-28(23)44)57-59(48,54-16-50-31(46)33(4,5)6)51-9-17-7-18(8-19(17)56-58)43-13-41-22-25(35)37-11-39-27(22)43/h11-14,17-21,24,29H,7-10,15-16H2,1-6H3,(H2,35,37,39)(H2,36,38,40)/t17?,18-,19-,20?,21?,24?,29?,58?,59?/m1/s1. The molecule has 0 radical (unpaired) electrons. The van der Waals surface area contributed by atoms with Crippen LogP contribution in [0.4, 0.5) is 16.0 Å². The zero-order valence-corrected chi connectivity index (χ0v) is 34.7. The molecular formula is C33H45FN10O13P2. The van der Waals surface area contributed by atoms with Gasteiger partial charge in [-0.15, -0.1) is 0 Å². The number of phosphoric acid groups is 2. The maximum Gasteiger partial charge on any atom is 0.478 e. The van der Waals surface area contributed by atoms with Crippen LogP contribution in [0, 0.1) is 16.7 Å². The molecule has 322 valence electrons. The summed E-state index contributed by atoms with van der Waals surface area (Å²) in [5, 5.41) is 0. The number of anilines is 2. The fraction of sp³-hybridized carbons (Fsp3) is 0.636. The highest BCUT2D eigenvalue weighted by atomic mass is 31.2. The van der Waals surface area contributed by atoms with Crippen LogP contribution in [0.1, 0.15) is 66.7 Å². The Morgan fingerprint density at radius 2 is 1.29 bits per heavy atom. The van der Waals surface area contributed by atoms with Gasteiger partial charge in [0.25, 0.3) is 0 Å². The maximum absolute atomic E-state index is 16.8. The molecule has 3 aliphatic rings. The number of nitrogens with two attached hydrogens (primary N) is 2. The first-order valence-electron chi connectivity index (χ1n) is 18.4. The summed E-state index contributed by atoms with van der Waals surface area (Å²) in [5.41, 5.74) is 11.1. The molecule has 3 fully saturated rings. The maximum atomic E-state index is 16.8. The molecule has 0 amide bonds. The lowest BCUT2D eigenvalue weighted by Crippen LogP contribution is -2.35. The Morgan fingerprint density at radius 3 is 1.86 bits per heavy atom. The third-order valence-electron chi connectivity index (χ3n) is 9.70. The van der Waals surface area contributed by atoms with Crippen molar-refractivity contribution in [3.05, 3.63) is 25.3 Å². The van der Waals surface area contributed by atoms with Crippen molar-refractivity contribution in [1.29, 1.82) is 0 Å². The second-order valence-corrected chi connectivity index (χ2v) is 19.4. The van der Waals surface area contributed by atoms with Gasteiger partial charge < -0.3 is 30.2 Å². The summed E-state index contributed by atoms with van der Waals surface area (Å²) in [5.74, 6) is -1.97. The average molecular weight is 871 g/mol. The number of esters is 2. The predicted molar refractivity (Wildman–Crippen MR) is 200 cm³/mol. The van der Waals surface area contributed by atoms with Gasteiger partial charge in [-0.05, 0) is 54.4 Å². The van der Waals surface area contributed by atoms with Gasteiger partial charge in [0, 0.05) is 12.0 Å². The summed E-state index contributed by atoms with van der Waals surface area (Å²) < 4.78 is 100. The number of fused-ring (bicyclic) bond motifs is 4. The number of hydrogen-bond donors (Lipinski definition) is 2. The molecule has 7 unspecified atom stereocenters. The third kappa shape index (κ3) is 9.10. The number of carbonyl (C=O) groups excluding carboxylic acids is 2. The average Bonchev–Trinajstić information content (AvgIpc) is 3.95. The summed E-state index contributed by atoms with van der Waals surface area (Å²) >= 11 is 0. The summed E-state index contributed by atoms with van der Waals surface area (Å²) in [6, 6.07) is -0.458. The minimum Gasteiger partial charge on any atom is -0.437 e. The van der Waals surface area contributed by atoms with Crippen LogP contribution in [0.15, 0.2) is 25.3 Å². The minimum atomic E-state index is -4.88. The molecule has 4 aromatic rings. The molecule has 9 atom stereocenters. The van der Waals surface area contributed by atoms with E-state index in [1.54, 1.807) is 46.1 Å². The molecule has 59 heavy (non-hydrogen) atoms. The highest BCUT2D eigenvalue weighted by Crippen LogP contribution is 2.59. The van der Waals surface area contributed by atoms with Crippen LogP contribution in [-0.2, 0) is 60.1 Å². The first-order valence-corrected chi connectivity index (χ1v) is 21.3. The molecule has 0 bridgehead atoms. The van der Waals surface area contributed by atoms with Gasteiger partial charge in [0.15, 0.2) is 35.3 Å². The number of halogens is 1. The molecular weight excluding hydrogens is 825 g/mol.